The molecule has 0 spiro atoms. The van der Waals surface area contributed by atoms with E-state index in [0.717, 1.165) is 20.8 Å². The van der Waals surface area contributed by atoms with Crippen molar-refractivity contribution in [1.29, 1.82) is 0 Å². The van der Waals surface area contributed by atoms with E-state index in [-0.39, 0.29) is 22.3 Å². The fourth-order valence-corrected chi connectivity index (χ4v) is 8.05. The van der Waals surface area contributed by atoms with E-state index in [2.05, 4.69) is 0 Å². The Bertz CT molecular complexity index is 2280. The molecule has 4 aromatic carbocycles. The number of esters is 7. The molecule has 0 unspecified atom stereocenters. The van der Waals surface area contributed by atoms with Crippen LogP contribution in [-0.2, 0) is 61.8 Å². The van der Waals surface area contributed by atoms with Crippen LogP contribution in [0.2, 0.25) is 0 Å². The van der Waals surface area contributed by atoms with Gasteiger partial charge in [0.2, 0.25) is 0 Å². The fourth-order valence-electron chi connectivity index (χ4n) is 7.10. The average molecular weight is 929 g/mol. The highest BCUT2D eigenvalue weighted by molar-refractivity contribution is 7.99. The lowest BCUT2D eigenvalue weighted by atomic mass is 9.97. The van der Waals surface area contributed by atoms with Crippen molar-refractivity contribution in [3.8, 4) is 0 Å². The third kappa shape index (κ3) is 13.0. The predicted octanol–water partition coefficient (Wildman–Crippen LogP) is 5.53. The molecular formula is C48H48O17S. The molecule has 0 saturated carbocycles. The largest absolute Gasteiger partial charge is 0.463 e. The zero-order valence-corrected chi connectivity index (χ0v) is 37.1. The number of carbonyl (C=O) groups is 7. The van der Waals surface area contributed by atoms with Crippen molar-refractivity contribution in [3.63, 3.8) is 0 Å². The molecule has 0 aliphatic carbocycles. The van der Waals surface area contributed by atoms with Crippen LogP contribution in [0.3, 0.4) is 0 Å². The van der Waals surface area contributed by atoms with Crippen molar-refractivity contribution in [3.05, 3.63) is 144 Å². The minimum atomic E-state index is -1.73. The van der Waals surface area contributed by atoms with E-state index < -0.39 is 116 Å². The Kier molecular flexibility index (Phi) is 17.4. The Balaban J connectivity index is 1.40. The van der Waals surface area contributed by atoms with Gasteiger partial charge in [-0.05, 0) is 54.3 Å². The van der Waals surface area contributed by atoms with E-state index in [4.69, 9.17) is 47.4 Å². The molecule has 17 nitrogen and oxygen atoms in total. The molecule has 2 aliphatic rings. The lowest BCUT2D eigenvalue weighted by molar-refractivity contribution is -0.312. The zero-order chi connectivity index (χ0) is 47.2. The molecule has 2 aliphatic heterocycles. The summed E-state index contributed by atoms with van der Waals surface area (Å²) in [4.78, 5) is 92.7. The monoisotopic (exact) mass is 928 g/mol. The first-order valence-electron chi connectivity index (χ1n) is 20.9. The zero-order valence-electron chi connectivity index (χ0n) is 36.3. The van der Waals surface area contributed by atoms with E-state index in [1.54, 1.807) is 72.8 Å². The minimum absolute atomic E-state index is 0.0830. The number of rotatable bonds is 17. The summed E-state index contributed by atoms with van der Waals surface area (Å²) in [5.41, 5.74) is -0.573. The highest BCUT2D eigenvalue weighted by atomic mass is 32.2. The summed E-state index contributed by atoms with van der Waals surface area (Å²) in [5.74, 6) is -5.44. The SMILES string of the molecule is CCS[C@@H]1O[C@H](CO[C@@H]2O[C@H](COC(C)=O)[C@@H](OC(C)=O)[C@H](OC(=O)c3ccccc3)[C@H]2OC(=O)c2ccccc2)[C@@H](OC(C)=O)[C@H](OC(=O)c2ccccc2)[C@H]1OC(=O)c1ccccc1. The highest BCUT2D eigenvalue weighted by Crippen LogP contribution is 2.37. The van der Waals surface area contributed by atoms with E-state index >= 15 is 0 Å². The summed E-state index contributed by atoms with van der Waals surface area (Å²) in [5, 5.41) is 0. The third-order valence-electron chi connectivity index (χ3n) is 10.0. The second-order valence-corrected chi connectivity index (χ2v) is 16.1. The number of ether oxygens (including phenoxy) is 10. The predicted molar refractivity (Wildman–Crippen MR) is 232 cm³/mol. The molecular weight excluding hydrogens is 881 g/mol. The highest BCUT2D eigenvalue weighted by Gasteiger charge is 2.56. The molecule has 2 fully saturated rings. The Labute approximate surface area is 384 Å². The van der Waals surface area contributed by atoms with Gasteiger partial charge in [0.15, 0.2) is 42.9 Å². The van der Waals surface area contributed by atoms with Gasteiger partial charge in [-0.25, -0.2) is 19.2 Å². The van der Waals surface area contributed by atoms with E-state index in [1.807, 2.05) is 6.92 Å². The van der Waals surface area contributed by atoms with Crippen LogP contribution in [0.25, 0.3) is 0 Å². The van der Waals surface area contributed by atoms with Crippen molar-refractivity contribution in [1.82, 2.24) is 0 Å². The van der Waals surface area contributed by atoms with Crippen molar-refractivity contribution in [2.24, 2.45) is 0 Å². The van der Waals surface area contributed by atoms with Crippen LogP contribution in [0.15, 0.2) is 121 Å². The van der Waals surface area contributed by atoms with Crippen LogP contribution in [0, 0.1) is 0 Å². The normalized spacial score (nSPS) is 24.7. The van der Waals surface area contributed by atoms with Gasteiger partial charge in [-0.1, -0.05) is 79.7 Å². The topological polar surface area (TPSA) is 212 Å². The molecule has 2 heterocycles. The van der Waals surface area contributed by atoms with Gasteiger partial charge in [0.25, 0.3) is 0 Å². The molecule has 0 amide bonds. The lowest BCUT2D eigenvalue weighted by Crippen LogP contribution is -2.64. The molecule has 0 N–H and O–H groups in total. The summed E-state index contributed by atoms with van der Waals surface area (Å²) in [7, 11) is 0. The number of hydrogen-bond acceptors (Lipinski definition) is 18. The molecule has 0 bridgehead atoms. The van der Waals surface area contributed by atoms with E-state index in [1.165, 1.54) is 60.3 Å². The Morgan fingerprint density at radius 1 is 0.439 bits per heavy atom. The van der Waals surface area contributed by atoms with Gasteiger partial charge < -0.3 is 47.4 Å². The first-order valence-corrected chi connectivity index (χ1v) is 21.9. The minimum Gasteiger partial charge on any atom is -0.463 e. The maximum atomic E-state index is 13.8. The summed E-state index contributed by atoms with van der Waals surface area (Å²) in [6, 6.07) is 31.7. The lowest BCUT2D eigenvalue weighted by Gasteiger charge is -2.46. The Morgan fingerprint density at radius 3 is 1.18 bits per heavy atom. The Morgan fingerprint density at radius 2 is 0.803 bits per heavy atom. The van der Waals surface area contributed by atoms with E-state index in [0.29, 0.717) is 5.75 Å². The summed E-state index contributed by atoms with van der Waals surface area (Å²) in [6.07, 6.45) is -13.8. The van der Waals surface area contributed by atoms with Gasteiger partial charge in [0.05, 0.1) is 28.9 Å². The van der Waals surface area contributed by atoms with Gasteiger partial charge in [0.1, 0.15) is 24.3 Å². The quantitative estimate of drug-likeness (QED) is 0.0940. The van der Waals surface area contributed by atoms with Gasteiger partial charge in [0, 0.05) is 20.8 Å². The maximum Gasteiger partial charge on any atom is 0.338 e. The molecule has 10 atom stereocenters. The summed E-state index contributed by atoms with van der Waals surface area (Å²) >= 11 is 1.20. The molecule has 0 aromatic heterocycles. The van der Waals surface area contributed by atoms with Crippen LogP contribution < -0.4 is 0 Å². The number of hydrogen-bond donors (Lipinski definition) is 0. The smallest absolute Gasteiger partial charge is 0.338 e. The molecule has 0 radical (unpaired) electrons. The van der Waals surface area contributed by atoms with Crippen molar-refractivity contribution < 1.29 is 80.9 Å². The second kappa shape index (κ2) is 23.5. The van der Waals surface area contributed by atoms with Crippen LogP contribution in [0.4, 0.5) is 0 Å². The van der Waals surface area contributed by atoms with Crippen molar-refractivity contribution >= 4 is 53.5 Å². The van der Waals surface area contributed by atoms with Crippen LogP contribution in [0.5, 0.6) is 0 Å². The maximum absolute atomic E-state index is 13.8. The average Bonchev–Trinajstić information content (AvgIpc) is 3.31. The Hall–Kier alpha value is -6.60. The number of thioether (sulfide) groups is 1. The number of carbonyl (C=O) groups excluding carboxylic acids is 7. The number of benzene rings is 4. The first kappa shape index (κ1) is 48.8. The van der Waals surface area contributed by atoms with Gasteiger partial charge >= 0.3 is 41.8 Å². The molecule has 4 aromatic rings. The van der Waals surface area contributed by atoms with E-state index in [9.17, 15) is 33.6 Å². The molecule has 66 heavy (non-hydrogen) atoms. The standard InChI is InChI=1S/C48H48O17S/c1-5-66-48-42(65-46(55)34-24-16-9-17-25-34)40(63-44(53)32-20-12-7-13-21-32)38(59-30(4)51)36(61-48)27-57-47-41(64-45(54)33-22-14-8-15-23-33)39(62-43(52)31-18-10-6-11-19-31)37(58-29(3)50)35(60-47)26-56-28(2)49/h6-25,35-42,47-48H,5,26-27H2,1-4H3/t35-,36-,37-,38-,39+,40+,41-,42-,47-,48+/m1/s1. The van der Waals surface area contributed by atoms with Crippen LogP contribution in [0.1, 0.15) is 69.1 Å². The molecule has 6 rings (SSSR count). The molecule has 348 valence electrons. The molecule has 18 heteroatoms. The summed E-state index contributed by atoms with van der Waals surface area (Å²) < 4.78 is 60.1. The third-order valence-corrected chi connectivity index (χ3v) is 11.0. The second-order valence-electron chi connectivity index (χ2n) is 14.8. The first-order chi connectivity index (χ1) is 31.8. The van der Waals surface area contributed by atoms with Gasteiger partial charge in [-0.2, -0.15) is 0 Å². The van der Waals surface area contributed by atoms with Crippen LogP contribution >= 0.6 is 11.8 Å². The van der Waals surface area contributed by atoms with Crippen molar-refractivity contribution in [2.75, 3.05) is 19.0 Å². The summed E-state index contributed by atoms with van der Waals surface area (Å²) in [6.45, 7) is 4.04. The van der Waals surface area contributed by atoms with Gasteiger partial charge in [-0.3, -0.25) is 14.4 Å². The molecule has 2 saturated heterocycles. The van der Waals surface area contributed by atoms with Crippen molar-refractivity contribution in [2.45, 2.75) is 88.3 Å². The van der Waals surface area contributed by atoms with Gasteiger partial charge in [-0.15, -0.1) is 11.8 Å². The fraction of sp³-hybridized carbons (Fsp3) is 0.354. The van der Waals surface area contributed by atoms with Crippen LogP contribution in [-0.4, -0.2) is 121 Å².